The van der Waals surface area contributed by atoms with Crippen LogP contribution in [0.3, 0.4) is 0 Å². The standard InChI is InChI=1S/C16H22BrNO2/c1-15(2)8-10-16(11-9-15,14(19)20-3)18-13-6-4-12(17)5-7-13/h4-7,18H,8-11H2,1-3H3. The minimum atomic E-state index is -0.585. The number of nitrogens with one attached hydrogen (secondary N) is 1. The van der Waals surface area contributed by atoms with Gasteiger partial charge in [0.05, 0.1) is 7.11 Å². The van der Waals surface area contributed by atoms with Crippen LogP contribution in [0.5, 0.6) is 0 Å². The zero-order chi connectivity index (χ0) is 14.8. The van der Waals surface area contributed by atoms with Gasteiger partial charge in [-0.3, -0.25) is 0 Å². The van der Waals surface area contributed by atoms with Crippen LogP contribution in [-0.4, -0.2) is 18.6 Å². The van der Waals surface area contributed by atoms with Crippen molar-refractivity contribution in [1.29, 1.82) is 0 Å². The molecule has 1 N–H and O–H groups in total. The highest BCUT2D eigenvalue weighted by Crippen LogP contribution is 2.42. The Morgan fingerprint density at radius 2 is 1.70 bits per heavy atom. The molecule has 0 atom stereocenters. The van der Waals surface area contributed by atoms with E-state index in [1.807, 2.05) is 24.3 Å². The van der Waals surface area contributed by atoms with Crippen LogP contribution in [0.4, 0.5) is 5.69 Å². The lowest BCUT2D eigenvalue weighted by molar-refractivity contribution is -0.148. The molecule has 2 rings (SSSR count). The zero-order valence-corrected chi connectivity index (χ0v) is 13.9. The van der Waals surface area contributed by atoms with Crippen LogP contribution in [0.1, 0.15) is 39.5 Å². The third-order valence-corrected chi connectivity index (χ3v) is 4.79. The van der Waals surface area contributed by atoms with Gasteiger partial charge in [0.25, 0.3) is 0 Å². The van der Waals surface area contributed by atoms with Gasteiger partial charge in [-0.15, -0.1) is 0 Å². The van der Waals surface area contributed by atoms with E-state index in [2.05, 4.69) is 35.1 Å². The SMILES string of the molecule is COC(=O)C1(Nc2ccc(Br)cc2)CCC(C)(C)CC1. The Bertz CT molecular complexity index is 472. The molecule has 1 aromatic rings. The Morgan fingerprint density at radius 1 is 1.15 bits per heavy atom. The molecule has 3 nitrogen and oxygen atoms in total. The summed E-state index contributed by atoms with van der Waals surface area (Å²) < 4.78 is 6.07. The molecule has 0 heterocycles. The molecule has 110 valence electrons. The first-order valence-corrected chi connectivity index (χ1v) is 7.78. The number of methoxy groups -OCH3 is 1. The number of carbonyl (C=O) groups excluding carboxylic acids is 1. The van der Waals surface area contributed by atoms with Gasteiger partial charge in [0.1, 0.15) is 5.54 Å². The number of hydrogen-bond acceptors (Lipinski definition) is 3. The summed E-state index contributed by atoms with van der Waals surface area (Å²) in [5, 5.41) is 3.41. The summed E-state index contributed by atoms with van der Waals surface area (Å²) in [6.07, 6.45) is 3.66. The molecule has 1 aromatic carbocycles. The van der Waals surface area contributed by atoms with Crippen molar-refractivity contribution in [3.05, 3.63) is 28.7 Å². The van der Waals surface area contributed by atoms with Gasteiger partial charge >= 0.3 is 5.97 Å². The van der Waals surface area contributed by atoms with E-state index in [1.54, 1.807) is 0 Å². The lowest BCUT2D eigenvalue weighted by Gasteiger charge is -2.42. The van der Waals surface area contributed by atoms with Gasteiger partial charge in [-0.05, 0) is 55.4 Å². The highest BCUT2D eigenvalue weighted by Gasteiger charge is 2.44. The Kier molecular flexibility index (Phi) is 4.43. The van der Waals surface area contributed by atoms with Gasteiger partial charge in [0.15, 0.2) is 0 Å². The number of rotatable bonds is 3. The summed E-state index contributed by atoms with van der Waals surface area (Å²) in [6, 6.07) is 7.91. The fraction of sp³-hybridized carbons (Fsp3) is 0.562. The molecule has 0 radical (unpaired) electrons. The molecule has 0 spiro atoms. The van der Waals surface area contributed by atoms with Crippen LogP contribution in [0.2, 0.25) is 0 Å². The summed E-state index contributed by atoms with van der Waals surface area (Å²) in [4.78, 5) is 12.3. The van der Waals surface area contributed by atoms with E-state index in [-0.39, 0.29) is 5.97 Å². The zero-order valence-electron chi connectivity index (χ0n) is 12.3. The minimum absolute atomic E-state index is 0.157. The Hall–Kier alpha value is -1.03. The number of carbonyl (C=O) groups is 1. The molecule has 1 aliphatic carbocycles. The largest absolute Gasteiger partial charge is 0.467 e. The predicted molar refractivity (Wildman–Crippen MR) is 84.8 cm³/mol. The highest BCUT2D eigenvalue weighted by molar-refractivity contribution is 9.10. The molecule has 1 aliphatic rings. The van der Waals surface area contributed by atoms with E-state index >= 15 is 0 Å². The molecule has 0 unspecified atom stereocenters. The summed E-state index contributed by atoms with van der Waals surface area (Å²) in [6.45, 7) is 4.52. The third kappa shape index (κ3) is 3.35. The second kappa shape index (κ2) is 5.76. The van der Waals surface area contributed by atoms with E-state index in [4.69, 9.17) is 4.74 Å². The quantitative estimate of drug-likeness (QED) is 0.830. The maximum Gasteiger partial charge on any atom is 0.331 e. The number of halogens is 1. The van der Waals surface area contributed by atoms with Crippen LogP contribution in [0.25, 0.3) is 0 Å². The Morgan fingerprint density at radius 3 is 2.20 bits per heavy atom. The summed E-state index contributed by atoms with van der Waals surface area (Å²) in [5.74, 6) is -0.157. The molecule has 20 heavy (non-hydrogen) atoms. The van der Waals surface area contributed by atoms with Crippen LogP contribution in [0.15, 0.2) is 28.7 Å². The second-order valence-corrected chi connectivity index (χ2v) is 7.29. The molecule has 4 heteroatoms. The van der Waals surface area contributed by atoms with E-state index in [0.29, 0.717) is 5.41 Å². The number of hydrogen-bond donors (Lipinski definition) is 1. The fourth-order valence-corrected chi connectivity index (χ4v) is 3.00. The van der Waals surface area contributed by atoms with Crippen molar-refractivity contribution in [3.63, 3.8) is 0 Å². The lowest BCUT2D eigenvalue weighted by atomic mass is 9.69. The van der Waals surface area contributed by atoms with Gasteiger partial charge in [0.2, 0.25) is 0 Å². The maximum absolute atomic E-state index is 12.3. The Labute approximate surface area is 129 Å². The van der Waals surface area contributed by atoms with Gasteiger partial charge in [-0.1, -0.05) is 29.8 Å². The van der Waals surface area contributed by atoms with Crippen LogP contribution in [-0.2, 0) is 9.53 Å². The number of esters is 1. The summed E-state index contributed by atoms with van der Waals surface area (Å²) >= 11 is 3.42. The van der Waals surface area contributed by atoms with Crippen molar-refractivity contribution >= 4 is 27.6 Å². The highest BCUT2D eigenvalue weighted by atomic mass is 79.9. The second-order valence-electron chi connectivity index (χ2n) is 6.37. The van der Waals surface area contributed by atoms with Crippen molar-refractivity contribution < 1.29 is 9.53 Å². The van der Waals surface area contributed by atoms with Gasteiger partial charge in [-0.2, -0.15) is 0 Å². The fourth-order valence-electron chi connectivity index (χ4n) is 2.74. The van der Waals surface area contributed by atoms with Crippen molar-refractivity contribution in [2.45, 2.75) is 45.1 Å². The number of anilines is 1. The molecule has 1 saturated carbocycles. The van der Waals surface area contributed by atoms with Crippen molar-refractivity contribution in [2.75, 3.05) is 12.4 Å². The summed E-state index contributed by atoms with van der Waals surface area (Å²) in [5.41, 5.74) is 0.676. The van der Waals surface area contributed by atoms with E-state index in [9.17, 15) is 4.79 Å². The van der Waals surface area contributed by atoms with Crippen LogP contribution >= 0.6 is 15.9 Å². The first-order chi connectivity index (χ1) is 9.37. The third-order valence-electron chi connectivity index (χ3n) is 4.26. The molecule has 1 fully saturated rings. The first-order valence-electron chi connectivity index (χ1n) is 6.99. The summed E-state index contributed by atoms with van der Waals surface area (Å²) in [7, 11) is 1.47. The molecule has 0 amide bonds. The van der Waals surface area contributed by atoms with Gasteiger partial charge in [-0.25, -0.2) is 4.79 Å². The normalized spacial score (nSPS) is 20.2. The molecule has 0 aromatic heterocycles. The van der Waals surface area contributed by atoms with Crippen molar-refractivity contribution in [3.8, 4) is 0 Å². The topological polar surface area (TPSA) is 38.3 Å². The minimum Gasteiger partial charge on any atom is -0.467 e. The predicted octanol–water partition coefficient (Wildman–Crippen LogP) is 4.37. The van der Waals surface area contributed by atoms with E-state index in [1.165, 1.54) is 7.11 Å². The monoisotopic (exact) mass is 339 g/mol. The molecule has 0 aliphatic heterocycles. The molecular weight excluding hydrogens is 318 g/mol. The van der Waals surface area contributed by atoms with Crippen molar-refractivity contribution in [2.24, 2.45) is 5.41 Å². The van der Waals surface area contributed by atoms with Gasteiger partial charge in [0, 0.05) is 10.2 Å². The smallest absolute Gasteiger partial charge is 0.331 e. The average molecular weight is 340 g/mol. The molecule has 0 bridgehead atoms. The average Bonchev–Trinajstić information content (AvgIpc) is 2.43. The van der Waals surface area contributed by atoms with Crippen LogP contribution in [0, 0.1) is 5.41 Å². The number of ether oxygens (including phenoxy) is 1. The maximum atomic E-state index is 12.3. The molecule has 0 saturated heterocycles. The first kappa shape index (κ1) is 15.4. The van der Waals surface area contributed by atoms with Crippen LogP contribution < -0.4 is 5.32 Å². The van der Waals surface area contributed by atoms with E-state index < -0.39 is 5.54 Å². The lowest BCUT2D eigenvalue weighted by Crippen LogP contribution is -2.51. The Balaban J connectivity index is 2.20. The number of benzene rings is 1. The van der Waals surface area contributed by atoms with Crippen molar-refractivity contribution in [1.82, 2.24) is 0 Å². The molecular formula is C16H22BrNO2. The van der Waals surface area contributed by atoms with E-state index in [0.717, 1.165) is 35.8 Å². The van der Waals surface area contributed by atoms with Gasteiger partial charge < -0.3 is 10.1 Å².